The van der Waals surface area contributed by atoms with Gasteiger partial charge in [-0.1, -0.05) is 24.3 Å². The lowest BCUT2D eigenvalue weighted by atomic mass is 9.97. The number of methoxy groups -OCH3 is 1. The number of carbonyl (C=O) groups is 5. The lowest BCUT2D eigenvalue weighted by molar-refractivity contribution is -0.288. The van der Waals surface area contributed by atoms with Crippen molar-refractivity contribution in [2.75, 3.05) is 26.9 Å². The molecule has 14 heteroatoms. The summed E-state index contributed by atoms with van der Waals surface area (Å²) in [5, 5.41) is 2.89. The fraction of sp³-hybridized carbons (Fsp3) is 0.469. The molecule has 6 atom stereocenters. The van der Waals surface area contributed by atoms with Crippen molar-refractivity contribution in [2.45, 2.75) is 70.9 Å². The topological polar surface area (TPSA) is 171 Å². The molecule has 1 saturated heterocycles. The van der Waals surface area contributed by atoms with Crippen LogP contribution < -0.4 is 14.8 Å². The second-order valence-corrected chi connectivity index (χ2v) is 10.6. The average Bonchev–Trinajstić information content (AvgIpc) is 3.01. The second kappa shape index (κ2) is 15.5. The van der Waals surface area contributed by atoms with E-state index >= 15 is 0 Å². The number of hydrogen-bond donors (Lipinski definition) is 1. The molecule has 0 saturated carbocycles. The van der Waals surface area contributed by atoms with Crippen molar-refractivity contribution in [1.29, 1.82) is 0 Å². The molecule has 2 aliphatic rings. The Morgan fingerprint density at radius 3 is 2.17 bits per heavy atom. The van der Waals surface area contributed by atoms with Gasteiger partial charge in [-0.2, -0.15) is 0 Å². The minimum atomic E-state index is -1.47. The first-order valence-corrected chi connectivity index (χ1v) is 14.6. The molecule has 0 bridgehead atoms. The zero-order chi connectivity index (χ0) is 33.4. The van der Waals surface area contributed by atoms with E-state index in [2.05, 4.69) is 5.32 Å². The number of amides is 1. The van der Waals surface area contributed by atoms with Gasteiger partial charge in [0.2, 0.25) is 12.4 Å². The summed E-state index contributed by atoms with van der Waals surface area (Å²) in [6.07, 6.45) is -6.34. The molecule has 1 N–H and O–H groups in total. The van der Waals surface area contributed by atoms with Crippen molar-refractivity contribution in [1.82, 2.24) is 5.32 Å². The highest BCUT2D eigenvalue weighted by molar-refractivity contribution is 5.95. The molecule has 0 spiro atoms. The van der Waals surface area contributed by atoms with Crippen LogP contribution in [0, 0.1) is 0 Å². The van der Waals surface area contributed by atoms with E-state index in [1.165, 1.54) is 37.8 Å². The minimum Gasteiger partial charge on any atom is -0.493 e. The molecule has 1 amide bonds. The van der Waals surface area contributed by atoms with Gasteiger partial charge in [0, 0.05) is 39.8 Å². The van der Waals surface area contributed by atoms with Crippen molar-refractivity contribution in [3.63, 3.8) is 0 Å². The van der Waals surface area contributed by atoms with Gasteiger partial charge in [-0.3, -0.25) is 24.0 Å². The summed E-state index contributed by atoms with van der Waals surface area (Å²) in [5.74, 6) is -3.14. The maximum absolute atomic E-state index is 13.1. The van der Waals surface area contributed by atoms with Crippen LogP contribution in [0.5, 0.6) is 11.5 Å². The van der Waals surface area contributed by atoms with Crippen LogP contribution in [0.15, 0.2) is 42.5 Å². The highest BCUT2D eigenvalue weighted by Gasteiger charge is 2.53. The maximum atomic E-state index is 13.1. The Balaban J connectivity index is 1.57. The molecular weight excluding hydrogens is 606 g/mol. The van der Waals surface area contributed by atoms with Gasteiger partial charge >= 0.3 is 23.9 Å². The van der Waals surface area contributed by atoms with E-state index in [1.54, 1.807) is 0 Å². The van der Waals surface area contributed by atoms with Crippen LogP contribution in [-0.2, 0) is 54.0 Å². The highest BCUT2D eigenvalue weighted by Crippen LogP contribution is 2.35. The summed E-state index contributed by atoms with van der Waals surface area (Å²) in [6, 6.07) is 12.3. The average molecular weight is 644 g/mol. The summed E-state index contributed by atoms with van der Waals surface area (Å²) < 4.78 is 44.8. The molecule has 0 aromatic heterocycles. The Labute approximate surface area is 265 Å². The largest absolute Gasteiger partial charge is 0.493 e. The van der Waals surface area contributed by atoms with Crippen LogP contribution in [0.4, 0.5) is 0 Å². The van der Waals surface area contributed by atoms with Gasteiger partial charge in [0.05, 0.1) is 13.7 Å². The Bertz CT molecular complexity index is 1440. The van der Waals surface area contributed by atoms with E-state index in [-0.39, 0.29) is 35.6 Å². The fourth-order valence-electron chi connectivity index (χ4n) is 5.25. The molecule has 1 fully saturated rings. The molecule has 46 heavy (non-hydrogen) atoms. The lowest BCUT2D eigenvalue weighted by Crippen LogP contribution is -2.63. The van der Waals surface area contributed by atoms with E-state index in [0.717, 1.165) is 32.8 Å². The van der Waals surface area contributed by atoms with Gasteiger partial charge < -0.3 is 43.2 Å². The highest BCUT2D eigenvalue weighted by atomic mass is 16.7. The summed E-state index contributed by atoms with van der Waals surface area (Å²) in [4.78, 5) is 60.9. The van der Waals surface area contributed by atoms with Gasteiger partial charge in [-0.05, 0) is 35.7 Å². The normalized spacial score (nSPS) is 23.6. The Hall–Kier alpha value is -4.69. The molecule has 2 aliphatic heterocycles. The van der Waals surface area contributed by atoms with Crippen molar-refractivity contribution >= 4 is 29.8 Å². The Morgan fingerprint density at radius 1 is 0.826 bits per heavy atom. The lowest BCUT2D eigenvalue weighted by Gasteiger charge is -2.44. The van der Waals surface area contributed by atoms with Gasteiger partial charge in [0.25, 0.3) is 5.91 Å². The smallest absolute Gasteiger partial charge is 0.303 e. The quantitative estimate of drug-likeness (QED) is 0.279. The first-order chi connectivity index (χ1) is 22.0. The van der Waals surface area contributed by atoms with Gasteiger partial charge in [0.1, 0.15) is 18.8 Å². The molecule has 14 nitrogen and oxygen atoms in total. The standard InChI is InChI=1S/C32H37NO13/c1-17(34)41-16-27-28(42-18(2)35)29(43-19(3)36)30(44-20(4)37)32(46-27)45-24-11-10-22(14-25(24)39-5)31(38)33-15-26-23-9-7-6-8-21(23)12-13-40-26/h6-11,14,26-30,32H,12-13,15-16H2,1-5H3,(H,33,38)/t26-,27-,28-,29+,30-,32+/m0/s1. The molecule has 2 aromatic carbocycles. The number of hydrogen-bond acceptors (Lipinski definition) is 13. The van der Waals surface area contributed by atoms with E-state index < -0.39 is 61.2 Å². The van der Waals surface area contributed by atoms with Crippen molar-refractivity contribution in [2.24, 2.45) is 0 Å². The van der Waals surface area contributed by atoms with Crippen molar-refractivity contribution in [3.05, 3.63) is 59.2 Å². The van der Waals surface area contributed by atoms with Crippen LogP contribution >= 0.6 is 0 Å². The summed E-state index contributed by atoms with van der Waals surface area (Å²) in [7, 11) is 1.36. The van der Waals surface area contributed by atoms with Gasteiger partial charge in [0.15, 0.2) is 23.7 Å². The molecule has 2 aromatic rings. The molecule has 0 radical (unpaired) electrons. The third-order valence-electron chi connectivity index (χ3n) is 7.16. The number of carbonyl (C=O) groups excluding carboxylic acids is 5. The fourth-order valence-corrected chi connectivity index (χ4v) is 5.25. The monoisotopic (exact) mass is 643 g/mol. The third kappa shape index (κ3) is 8.73. The SMILES string of the molecule is COc1cc(C(=O)NC[C@@H]2OCCc3ccccc32)ccc1O[C@@H]1O[C@@H](COC(C)=O)[C@H](OC(C)=O)[C@@H](OC(C)=O)[C@@H]1OC(C)=O. The van der Waals surface area contributed by atoms with Crippen LogP contribution in [-0.4, -0.2) is 87.4 Å². The van der Waals surface area contributed by atoms with Crippen LogP contribution in [0.1, 0.15) is 55.3 Å². The van der Waals surface area contributed by atoms with E-state index in [0.29, 0.717) is 6.61 Å². The van der Waals surface area contributed by atoms with Crippen LogP contribution in [0.2, 0.25) is 0 Å². The zero-order valence-corrected chi connectivity index (χ0v) is 26.1. The molecule has 248 valence electrons. The van der Waals surface area contributed by atoms with E-state index in [9.17, 15) is 24.0 Å². The van der Waals surface area contributed by atoms with Crippen molar-refractivity contribution < 1.29 is 61.9 Å². The number of ether oxygens (including phenoxy) is 8. The molecular formula is C32H37NO13. The Kier molecular flexibility index (Phi) is 11.6. The predicted molar refractivity (Wildman–Crippen MR) is 157 cm³/mol. The van der Waals surface area contributed by atoms with Crippen molar-refractivity contribution in [3.8, 4) is 11.5 Å². The summed E-state index contributed by atoms with van der Waals surface area (Å²) in [6.45, 7) is 4.93. The number of esters is 4. The summed E-state index contributed by atoms with van der Waals surface area (Å²) in [5.41, 5.74) is 2.47. The Morgan fingerprint density at radius 2 is 1.50 bits per heavy atom. The zero-order valence-electron chi connectivity index (χ0n) is 26.1. The maximum Gasteiger partial charge on any atom is 0.303 e. The van der Waals surface area contributed by atoms with Gasteiger partial charge in [-0.15, -0.1) is 0 Å². The third-order valence-corrected chi connectivity index (χ3v) is 7.16. The van der Waals surface area contributed by atoms with E-state index in [4.69, 9.17) is 37.9 Å². The molecule has 2 heterocycles. The number of nitrogens with one attached hydrogen (secondary N) is 1. The molecule has 0 aliphatic carbocycles. The van der Waals surface area contributed by atoms with Crippen LogP contribution in [0.3, 0.4) is 0 Å². The number of benzene rings is 2. The first kappa shape index (κ1) is 34.2. The van der Waals surface area contributed by atoms with E-state index in [1.807, 2.05) is 24.3 Å². The number of rotatable bonds is 11. The number of fused-ring (bicyclic) bond motifs is 1. The van der Waals surface area contributed by atoms with Crippen LogP contribution in [0.25, 0.3) is 0 Å². The second-order valence-electron chi connectivity index (χ2n) is 10.6. The predicted octanol–water partition coefficient (Wildman–Crippen LogP) is 2.20. The first-order valence-electron chi connectivity index (χ1n) is 14.6. The molecule has 4 rings (SSSR count). The molecule has 0 unspecified atom stereocenters. The van der Waals surface area contributed by atoms with Gasteiger partial charge in [-0.25, -0.2) is 0 Å². The summed E-state index contributed by atoms with van der Waals surface area (Å²) >= 11 is 0. The minimum absolute atomic E-state index is 0.0736.